The van der Waals surface area contributed by atoms with Crippen molar-refractivity contribution in [3.8, 4) is 0 Å². The molecule has 0 bridgehead atoms. The van der Waals surface area contributed by atoms with Gasteiger partial charge in [-0.1, -0.05) is 5.21 Å². The second-order valence-corrected chi connectivity index (χ2v) is 7.46. The standard InChI is InChI=1S/C19H27N5O2/c1-15-5-6-17(26-15)13-22-11-7-16(8-12-22)24-14-18(20-21-24)19(25)23-9-3-2-4-10-23/h5-6,14,16H,2-4,7-13H2,1H3. The zero-order chi connectivity index (χ0) is 17.9. The summed E-state index contributed by atoms with van der Waals surface area (Å²) in [6, 6.07) is 4.38. The molecule has 2 aromatic rings. The molecule has 0 radical (unpaired) electrons. The van der Waals surface area contributed by atoms with Crippen molar-refractivity contribution in [3.05, 3.63) is 35.5 Å². The van der Waals surface area contributed by atoms with E-state index in [9.17, 15) is 4.79 Å². The summed E-state index contributed by atoms with van der Waals surface area (Å²) in [5, 5.41) is 8.40. The van der Waals surface area contributed by atoms with Crippen LogP contribution >= 0.6 is 0 Å². The van der Waals surface area contributed by atoms with E-state index in [-0.39, 0.29) is 5.91 Å². The minimum Gasteiger partial charge on any atom is -0.465 e. The monoisotopic (exact) mass is 357 g/mol. The smallest absolute Gasteiger partial charge is 0.276 e. The van der Waals surface area contributed by atoms with E-state index in [0.29, 0.717) is 11.7 Å². The lowest BCUT2D eigenvalue weighted by molar-refractivity contribution is 0.0718. The number of hydrogen-bond donors (Lipinski definition) is 0. The molecule has 7 nitrogen and oxygen atoms in total. The summed E-state index contributed by atoms with van der Waals surface area (Å²) in [5.74, 6) is 2.01. The van der Waals surface area contributed by atoms with Crippen molar-refractivity contribution in [2.24, 2.45) is 0 Å². The Kier molecular flexibility index (Phi) is 5.06. The quantitative estimate of drug-likeness (QED) is 0.841. The van der Waals surface area contributed by atoms with Gasteiger partial charge in [-0.15, -0.1) is 5.10 Å². The van der Waals surface area contributed by atoms with Gasteiger partial charge in [0.05, 0.1) is 18.8 Å². The summed E-state index contributed by atoms with van der Waals surface area (Å²) in [4.78, 5) is 16.9. The molecule has 0 saturated carbocycles. The summed E-state index contributed by atoms with van der Waals surface area (Å²) < 4.78 is 7.57. The van der Waals surface area contributed by atoms with Crippen molar-refractivity contribution in [3.63, 3.8) is 0 Å². The average Bonchev–Trinajstić information content (AvgIpc) is 3.32. The maximum absolute atomic E-state index is 12.5. The minimum absolute atomic E-state index is 0.0292. The second-order valence-electron chi connectivity index (χ2n) is 7.46. The normalized spacial score (nSPS) is 19.8. The van der Waals surface area contributed by atoms with E-state index in [0.717, 1.165) is 69.9 Å². The molecule has 1 amide bonds. The van der Waals surface area contributed by atoms with Gasteiger partial charge < -0.3 is 9.32 Å². The minimum atomic E-state index is 0.0292. The molecule has 4 heterocycles. The van der Waals surface area contributed by atoms with Crippen LogP contribution in [0.4, 0.5) is 0 Å². The van der Waals surface area contributed by atoms with E-state index >= 15 is 0 Å². The molecule has 140 valence electrons. The third-order valence-corrected chi connectivity index (χ3v) is 5.48. The molecule has 2 aromatic heterocycles. The van der Waals surface area contributed by atoms with E-state index < -0.39 is 0 Å². The molecule has 0 aliphatic carbocycles. The molecule has 0 unspecified atom stereocenters. The first kappa shape index (κ1) is 17.3. The topological polar surface area (TPSA) is 67.4 Å². The Hall–Kier alpha value is -2.15. The molecular weight excluding hydrogens is 330 g/mol. The largest absolute Gasteiger partial charge is 0.465 e. The van der Waals surface area contributed by atoms with E-state index in [1.165, 1.54) is 6.42 Å². The van der Waals surface area contributed by atoms with Gasteiger partial charge in [-0.2, -0.15) is 0 Å². The van der Waals surface area contributed by atoms with Crippen LogP contribution < -0.4 is 0 Å². The number of carbonyl (C=O) groups is 1. The van der Waals surface area contributed by atoms with Crippen LogP contribution in [0.3, 0.4) is 0 Å². The summed E-state index contributed by atoms with van der Waals surface area (Å²) in [6.45, 7) is 6.52. The molecular formula is C19H27N5O2. The van der Waals surface area contributed by atoms with Gasteiger partial charge in [-0.25, -0.2) is 4.68 Å². The predicted octanol–water partition coefficient (Wildman–Crippen LogP) is 2.64. The summed E-state index contributed by atoms with van der Waals surface area (Å²) in [6.07, 6.45) is 7.27. The average molecular weight is 357 g/mol. The molecule has 0 N–H and O–H groups in total. The first-order valence-electron chi connectivity index (χ1n) is 9.68. The molecule has 26 heavy (non-hydrogen) atoms. The van der Waals surface area contributed by atoms with Crippen molar-refractivity contribution < 1.29 is 9.21 Å². The van der Waals surface area contributed by atoms with Gasteiger partial charge in [0, 0.05) is 26.2 Å². The van der Waals surface area contributed by atoms with Gasteiger partial charge in [-0.3, -0.25) is 9.69 Å². The highest BCUT2D eigenvalue weighted by atomic mass is 16.3. The van der Waals surface area contributed by atoms with Crippen LogP contribution in [0, 0.1) is 6.92 Å². The van der Waals surface area contributed by atoms with Gasteiger partial charge >= 0.3 is 0 Å². The highest BCUT2D eigenvalue weighted by Gasteiger charge is 2.25. The Morgan fingerprint density at radius 3 is 2.62 bits per heavy atom. The molecule has 0 spiro atoms. The number of furan rings is 1. The first-order valence-corrected chi connectivity index (χ1v) is 9.68. The highest BCUT2D eigenvalue weighted by molar-refractivity contribution is 5.91. The number of likely N-dealkylation sites (tertiary alicyclic amines) is 2. The molecule has 0 aromatic carbocycles. The molecule has 4 rings (SSSR count). The lowest BCUT2D eigenvalue weighted by Crippen LogP contribution is -2.36. The van der Waals surface area contributed by atoms with E-state index in [2.05, 4.69) is 21.3 Å². The van der Waals surface area contributed by atoms with Crippen LogP contribution in [0.2, 0.25) is 0 Å². The lowest BCUT2D eigenvalue weighted by Gasteiger charge is -2.31. The van der Waals surface area contributed by atoms with Crippen LogP contribution in [0.1, 0.15) is 60.2 Å². The number of amides is 1. The molecule has 7 heteroatoms. The molecule has 2 aliphatic heterocycles. The Morgan fingerprint density at radius 2 is 1.92 bits per heavy atom. The lowest BCUT2D eigenvalue weighted by atomic mass is 10.1. The third-order valence-electron chi connectivity index (χ3n) is 5.48. The van der Waals surface area contributed by atoms with Crippen LogP contribution in [-0.2, 0) is 6.54 Å². The fraction of sp³-hybridized carbons (Fsp3) is 0.632. The number of rotatable bonds is 4. The number of hydrogen-bond acceptors (Lipinski definition) is 5. The van der Waals surface area contributed by atoms with Crippen molar-refractivity contribution in [1.29, 1.82) is 0 Å². The third kappa shape index (κ3) is 3.82. The predicted molar refractivity (Wildman–Crippen MR) is 96.8 cm³/mol. The van der Waals surface area contributed by atoms with Gasteiger partial charge in [-0.05, 0) is 51.2 Å². The van der Waals surface area contributed by atoms with Gasteiger partial charge in [0.2, 0.25) is 0 Å². The molecule has 2 fully saturated rings. The summed E-state index contributed by atoms with van der Waals surface area (Å²) in [5.41, 5.74) is 0.486. The molecule has 0 atom stereocenters. The zero-order valence-electron chi connectivity index (χ0n) is 15.4. The number of carbonyl (C=O) groups excluding carboxylic acids is 1. The fourth-order valence-electron chi connectivity index (χ4n) is 3.94. The Balaban J connectivity index is 1.32. The number of nitrogens with zero attached hydrogens (tertiary/aromatic N) is 5. The van der Waals surface area contributed by atoms with E-state index in [1.807, 2.05) is 28.8 Å². The Labute approximate surface area is 153 Å². The van der Waals surface area contributed by atoms with E-state index in [4.69, 9.17) is 4.42 Å². The van der Waals surface area contributed by atoms with Crippen LogP contribution in [0.25, 0.3) is 0 Å². The SMILES string of the molecule is Cc1ccc(CN2CCC(n3cc(C(=O)N4CCCCC4)nn3)CC2)o1. The fourth-order valence-corrected chi connectivity index (χ4v) is 3.94. The van der Waals surface area contributed by atoms with Crippen molar-refractivity contribution >= 4 is 5.91 Å². The number of aromatic nitrogens is 3. The summed E-state index contributed by atoms with van der Waals surface area (Å²) in [7, 11) is 0. The van der Waals surface area contributed by atoms with Crippen LogP contribution in [0.5, 0.6) is 0 Å². The first-order chi connectivity index (χ1) is 12.7. The Morgan fingerprint density at radius 1 is 1.15 bits per heavy atom. The van der Waals surface area contributed by atoms with E-state index in [1.54, 1.807) is 0 Å². The van der Waals surface area contributed by atoms with Gasteiger partial charge in [0.25, 0.3) is 5.91 Å². The highest BCUT2D eigenvalue weighted by Crippen LogP contribution is 2.23. The number of aryl methyl sites for hydroxylation is 1. The van der Waals surface area contributed by atoms with Crippen molar-refractivity contribution in [2.45, 2.75) is 51.6 Å². The maximum atomic E-state index is 12.5. The van der Waals surface area contributed by atoms with Crippen LogP contribution in [0.15, 0.2) is 22.7 Å². The van der Waals surface area contributed by atoms with Crippen molar-refractivity contribution in [1.82, 2.24) is 24.8 Å². The molecule has 2 saturated heterocycles. The van der Waals surface area contributed by atoms with Gasteiger partial charge in [0.1, 0.15) is 11.5 Å². The van der Waals surface area contributed by atoms with Crippen molar-refractivity contribution in [2.75, 3.05) is 26.2 Å². The molecule has 2 aliphatic rings. The second kappa shape index (κ2) is 7.61. The summed E-state index contributed by atoms with van der Waals surface area (Å²) >= 11 is 0. The zero-order valence-corrected chi connectivity index (χ0v) is 15.4. The maximum Gasteiger partial charge on any atom is 0.276 e. The van der Waals surface area contributed by atoms with Gasteiger partial charge in [0.15, 0.2) is 5.69 Å². The van der Waals surface area contributed by atoms with Crippen LogP contribution in [-0.4, -0.2) is 56.9 Å². The Bertz CT molecular complexity index is 739. The number of piperidine rings is 2.